The van der Waals surface area contributed by atoms with Crippen molar-refractivity contribution in [1.29, 1.82) is 0 Å². The van der Waals surface area contributed by atoms with Gasteiger partial charge in [0.1, 0.15) is 10.4 Å². The molecule has 3 N–H and O–H groups in total. The molecule has 0 amide bonds. The van der Waals surface area contributed by atoms with E-state index in [2.05, 4.69) is 39.7 Å². The highest BCUT2D eigenvalue weighted by Crippen LogP contribution is 2.20. The Bertz CT molecular complexity index is 270. The van der Waals surface area contributed by atoms with E-state index in [0.29, 0.717) is 12.5 Å². The summed E-state index contributed by atoms with van der Waals surface area (Å²) in [4.78, 5) is 7.70. The van der Waals surface area contributed by atoms with Crippen LogP contribution in [0.5, 0.6) is 0 Å². The molecule has 13 heavy (non-hydrogen) atoms. The van der Waals surface area contributed by atoms with Crippen LogP contribution in [0.1, 0.15) is 37.7 Å². The number of nitrogens with two attached hydrogens (primary N) is 1. The van der Waals surface area contributed by atoms with E-state index < -0.39 is 0 Å². The first-order valence-corrected chi connectivity index (χ1v) is 5.42. The first-order chi connectivity index (χ1) is 6.19. The van der Waals surface area contributed by atoms with Crippen molar-refractivity contribution in [3.05, 3.63) is 16.1 Å². The van der Waals surface area contributed by atoms with Crippen LogP contribution in [0.25, 0.3) is 0 Å². The molecular formula is C9H16BrN3. The van der Waals surface area contributed by atoms with E-state index in [1.165, 1.54) is 0 Å². The van der Waals surface area contributed by atoms with Crippen LogP contribution in [-0.4, -0.2) is 16.5 Å². The van der Waals surface area contributed by atoms with Crippen molar-refractivity contribution >= 4 is 15.9 Å². The topological polar surface area (TPSA) is 54.7 Å². The Hall–Kier alpha value is -0.350. The monoisotopic (exact) mass is 245 g/mol. The Morgan fingerprint density at radius 1 is 1.62 bits per heavy atom. The van der Waals surface area contributed by atoms with E-state index >= 15 is 0 Å². The SMILES string of the molecule is CCC(C)c1nc(Br)c(CCN)[nH]1. The number of hydrogen-bond donors (Lipinski definition) is 2. The van der Waals surface area contributed by atoms with E-state index in [0.717, 1.165) is 29.0 Å². The number of hydrogen-bond acceptors (Lipinski definition) is 2. The molecule has 0 saturated carbocycles. The molecule has 0 radical (unpaired) electrons. The van der Waals surface area contributed by atoms with Gasteiger partial charge in [0.15, 0.2) is 0 Å². The molecule has 1 heterocycles. The molecule has 1 rings (SSSR count). The van der Waals surface area contributed by atoms with Gasteiger partial charge < -0.3 is 10.7 Å². The van der Waals surface area contributed by atoms with Gasteiger partial charge in [-0.25, -0.2) is 4.98 Å². The lowest BCUT2D eigenvalue weighted by atomic mass is 10.1. The molecule has 1 atom stereocenters. The molecule has 74 valence electrons. The molecule has 0 aliphatic carbocycles. The number of nitrogens with zero attached hydrogens (tertiary/aromatic N) is 1. The van der Waals surface area contributed by atoms with Gasteiger partial charge in [-0.2, -0.15) is 0 Å². The van der Waals surface area contributed by atoms with Gasteiger partial charge in [-0.05, 0) is 28.9 Å². The first kappa shape index (κ1) is 10.7. The summed E-state index contributed by atoms with van der Waals surface area (Å²) in [7, 11) is 0. The van der Waals surface area contributed by atoms with Crippen LogP contribution in [0.3, 0.4) is 0 Å². The number of halogens is 1. The van der Waals surface area contributed by atoms with Crippen molar-refractivity contribution in [2.45, 2.75) is 32.6 Å². The van der Waals surface area contributed by atoms with Gasteiger partial charge in [0, 0.05) is 12.3 Å². The summed E-state index contributed by atoms with van der Waals surface area (Å²) in [5.74, 6) is 1.54. The molecule has 3 nitrogen and oxygen atoms in total. The van der Waals surface area contributed by atoms with Crippen LogP contribution in [0.15, 0.2) is 4.60 Å². The van der Waals surface area contributed by atoms with Crippen LogP contribution < -0.4 is 5.73 Å². The summed E-state index contributed by atoms with van der Waals surface area (Å²) in [5.41, 5.74) is 6.59. The van der Waals surface area contributed by atoms with Crippen LogP contribution in [0.4, 0.5) is 0 Å². The quantitative estimate of drug-likeness (QED) is 0.855. The zero-order valence-electron chi connectivity index (χ0n) is 8.10. The fourth-order valence-corrected chi connectivity index (χ4v) is 1.63. The van der Waals surface area contributed by atoms with E-state index in [1.807, 2.05) is 0 Å². The molecule has 0 bridgehead atoms. The maximum atomic E-state index is 5.48. The molecule has 0 saturated heterocycles. The minimum absolute atomic E-state index is 0.489. The van der Waals surface area contributed by atoms with Gasteiger partial charge in [0.05, 0.1) is 5.69 Å². The highest BCUT2D eigenvalue weighted by molar-refractivity contribution is 9.10. The second kappa shape index (κ2) is 4.77. The predicted octanol–water partition coefficient (Wildman–Crippen LogP) is 2.19. The van der Waals surface area contributed by atoms with Crippen LogP contribution in [0, 0.1) is 0 Å². The number of rotatable bonds is 4. The molecule has 0 aromatic carbocycles. The van der Waals surface area contributed by atoms with Crippen molar-refractivity contribution in [3.63, 3.8) is 0 Å². The average molecular weight is 246 g/mol. The summed E-state index contributed by atoms with van der Waals surface area (Å²) in [6.07, 6.45) is 1.95. The zero-order chi connectivity index (χ0) is 9.84. The Balaban J connectivity index is 2.81. The Morgan fingerprint density at radius 2 is 2.31 bits per heavy atom. The molecule has 0 spiro atoms. The average Bonchev–Trinajstić information content (AvgIpc) is 2.47. The fraction of sp³-hybridized carbons (Fsp3) is 0.667. The molecule has 0 fully saturated rings. The highest BCUT2D eigenvalue weighted by atomic mass is 79.9. The van der Waals surface area contributed by atoms with Crippen LogP contribution >= 0.6 is 15.9 Å². The third kappa shape index (κ3) is 2.54. The summed E-state index contributed by atoms with van der Waals surface area (Å²) < 4.78 is 0.910. The third-order valence-electron chi connectivity index (χ3n) is 2.22. The second-order valence-electron chi connectivity index (χ2n) is 3.24. The Kier molecular flexibility index (Phi) is 3.93. The predicted molar refractivity (Wildman–Crippen MR) is 57.8 cm³/mol. The summed E-state index contributed by atoms with van der Waals surface area (Å²) >= 11 is 3.42. The minimum atomic E-state index is 0.489. The van der Waals surface area contributed by atoms with Gasteiger partial charge in [-0.15, -0.1) is 0 Å². The second-order valence-corrected chi connectivity index (χ2v) is 3.99. The van der Waals surface area contributed by atoms with Gasteiger partial charge >= 0.3 is 0 Å². The lowest BCUT2D eigenvalue weighted by Crippen LogP contribution is -2.03. The van der Waals surface area contributed by atoms with Gasteiger partial charge in [0.2, 0.25) is 0 Å². The van der Waals surface area contributed by atoms with Crippen molar-refractivity contribution in [2.75, 3.05) is 6.54 Å². The molecule has 1 unspecified atom stereocenters. The normalized spacial score (nSPS) is 13.2. The standard InChI is InChI=1S/C9H16BrN3/c1-3-6(2)9-12-7(4-5-11)8(10)13-9/h6H,3-5,11H2,1-2H3,(H,12,13). The summed E-state index contributed by atoms with van der Waals surface area (Å²) in [6, 6.07) is 0. The summed E-state index contributed by atoms with van der Waals surface area (Å²) in [6.45, 7) is 4.97. The van der Waals surface area contributed by atoms with Crippen molar-refractivity contribution in [2.24, 2.45) is 5.73 Å². The molecule has 0 aliphatic heterocycles. The lowest BCUT2D eigenvalue weighted by molar-refractivity contribution is 0.686. The molecule has 1 aromatic heterocycles. The number of aromatic amines is 1. The Labute approximate surface area is 87.3 Å². The van der Waals surface area contributed by atoms with E-state index in [-0.39, 0.29) is 0 Å². The molecule has 0 aliphatic rings. The van der Waals surface area contributed by atoms with Crippen molar-refractivity contribution in [1.82, 2.24) is 9.97 Å². The largest absolute Gasteiger partial charge is 0.345 e. The van der Waals surface area contributed by atoms with E-state index in [1.54, 1.807) is 0 Å². The Morgan fingerprint density at radius 3 is 2.85 bits per heavy atom. The maximum absolute atomic E-state index is 5.48. The first-order valence-electron chi connectivity index (χ1n) is 4.63. The molecule has 1 aromatic rings. The summed E-state index contributed by atoms with van der Waals surface area (Å²) in [5, 5.41) is 0. The van der Waals surface area contributed by atoms with Crippen LogP contribution in [0.2, 0.25) is 0 Å². The fourth-order valence-electron chi connectivity index (χ4n) is 1.14. The van der Waals surface area contributed by atoms with Crippen molar-refractivity contribution < 1.29 is 0 Å². The molecular weight excluding hydrogens is 230 g/mol. The lowest BCUT2D eigenvalue weighted by Gasteiger charge is -2.02. The van der Waals surface area contributed by atoms with E-state index in [9.17, 15) is 0 Å². The minimum Gasteiger partial charge on any atom is -0.345 e. The number of nitrogens with one attached hydrogen (secondary N) is 1. The van der Waals surface area contributed by atoms with Crippen LogP contribution in [-0.2, 0) is 6.42 Å². The van der Waals surface area contributed by atoms with Gasteiger partial charge in [-0.3, -0.25) is 0 Å². The molecule has 4 heteroatoms. The zero-order valence-corrected chi connectivity index (χ0v) is 9.69. The highest BCUT2D eigenvalue weighted by Gasteiger charge is 2.11. The van der Waals surface area contributed by atoms with Gasteiger partial charge in [-0.1, -0.05) is 13.8 Å². The third-order valence-corrected chi connectivity index (χ3v) is 2.88. The van der Waals surface area contributed by atoms with Gasteiger partial charge in [0.25, 0.3) is 0 Å². The smallest absolute Gasteiger partial charge is 0.127 e. The van der Waals surface area contributed by atoms with Crippen molar-refractivity contribution in [3.8, 4) is 0 Å². The number of imidazole rings is 1. The maximum Gasteiger partial charge on any atom is 0.127 e. The number of aromatic nitrogens is 2. The van der Waals surface area contributed by atoms with E-state index in [4.69, 9.17) is 5.73 Å². The number of H-pyrrole nitrogens is 1.